The van der Waals surface area contributed by atoms with E-state index in [-0.39, 0.29) is 0 Å². The van der Waals surface area contributed by atoms with Gasteiger partial charge in [-0.3, -0.25) is 0 Å². The van der Waals surface area contributed by atoms with E-state index in [2.05, 4.69) is 32.3 Å². The van der Waals surface area contributed by atoms with Crippen LogP contribution in [-0.4, -0.2) is 4.98 Å². The Labute approximate surface area is 113 Å². The van der Waals surface area contributed by atoms with Crippen molar-refractivity contribution in [1.82, 2.24) is 4.98 Å². The molecule has 0 amide bonds. The highest BCUT2D eigenvalue weighted by atomic mass is 79.9. The van der Waals surface area contributed by atoms with E-state index in [1.165, 1.54) is 0 Å². The first-order valence-electron chi connectivity index (χ1n) is 5.06. The summed E-state index contributed by atoms with van der Waals surface area (Å²) in [6.07, 6.45) is 1.55. The van der Waals surface area contributed by atoms with Gasteiger partial charge in [-0.25, -0.2) is 4.98 Å². The molecule has 0 aliphatic heterocycles. The Morgan fingerprint density at radius 2 is 1.94 bits per heavy atom. The van der Waals surface area contributed by atoms with Gasteiger partial charge in [0.1, 0.15) is 12.1 Å². The van der Waals surface area contributed by atoms with E-state index in [1.807, 2.05) is 6.07 Å². The molecule has 4 nitrogen and oxygen atoms in total. The maximum atomic E-state index is 9.03. The van der Waals surface area contributed by atoms with Crippen LogP contribution >= 0.6 is 15.9 Å². The summed E-state index contributed by atoms with van der Waals surface area (Å²) in [5.41, 5.74) is 2.01. The largest absolute Gasteiger partial charge is 0.352 e. The number of aromatic nitrogens is 1. The third kappa shape index (κ3) is 2.48. The number of nitrogens with one attached hydrogen (secondary N) is 1. The Hall–Kier alpha value is -2.37. The lowest BCUT2D eigenvalue weighted by Gasteiger charge is -2.09. The molecule has 2 rings (SSSR count). The number of anilines is 2. The fraction of sp³-hybridized carbons (Fsp3) is 0. The molecule has 1 heterocycles. The van der Waals surface area contributed by atoms with Crippen molar-refractivity contribution in [3.63, 3.8) is 0 Å². The van der Waals surface area contributed by atoms with Crippen LogP contribution in [0.1, 0.15) is 11.3 Å². The Morgan fingerprint density at radius 3 is 2.67 bits per heavy atom. The molecule has 0 saturated heterocycles. The standard InChI is InChI=1S/C13H7BrN4/c14-10-4-3-9(7-15)12(6-10)18-11-2-1-5-17-13(11)8-16/h1-6,18H. The van der Waals surface area contributed by atoms with E-state index >= 15 is 0 Å². The molecule has 5 heteroatoms. The summed E-state index contributed by atoms with van der Waals surface area (Å²) < 4.78 is 0.853. The molecule has 0 atom stereocenters. The molecule has 18 heavy (non-hydrogen) atoms. The van der Waals surface area contributed by atoms with E-state index in [1.54, 1.807) is 36.5 Å². The summed E-state index contributed by atoms with van der Waals surface area (Å²) in [7, 11) is 0. The van der Waals surface area contributed by atoms with Crippen LogP contribution in [0.15, 0.2) is 41.0 Å². The van der Waals surface area contributed by atoms with Gasteiger partial charge in [0, 0.05) is 10.7 Å². The zero-order chi connectivity index (χ0) is 13.0. The summed E-state index contributed by atoms with van der Waals surface area (Å²) in [5.74, 6) is 0. The van der Waals surface area contributed by atoms with Crippen molar-refractivity contribution in [3.8, 4) is 12.1 Å². The molecular formula is C13H7BrN4. The fourth-order valence-corrected chi connectivity index (χ4v) is 1.82. The van der Waals surface area contributed by atoms with Gasteiger partial charge < -0.3 is 5.32 Å². The third-order valence-electron chi connectivity index (χ3n) is 2.29. The average molecular weight is 299 g/mol. The Kier molecular flexibility index (Phi) is 3.57. The SMILES string of the molecule is N#Cc1ccc(Br)cc1Nc1cccnc1C#N. The second kappa shape index (κ2) is 5.31. The third-order valence-corrected chi connectivity index (χ3v) is 2.78. The molecule has 0 aliphatic carbocycles. The molecule has 1 N–H and O–H groups in total. The van der Waals surface area contributed by atoms with Gasteiger partial charge in [0.25, 0.3) is 0 Å². The fourth-order valence-electron chi connectivity index (χ4n) is 1.46. The van der Waals surface area contributed by atoms with Gasteiger partial charge in [0.2, 0.25) is 0 Å². The zero-order valence-electron chi connectivity index (χ0n) is 9.18. The Morgan fingerprint density at radius 1 is 1.11 bits per heavy atom. The van der Waals surface area contributed by atoms with Gasteiger partial charge in [0.15, 0.2) is 5.69 Å². The van der Waals surface area contributed by atoms with E-state index < -0.39 is 0 Å². The van der Waals surface area contributed by atoms with Crippen LogP contribution in [0.5, 0.6) is 0 Å². The summed E-state index contributed by atoms with van der Waals surface area (Å²) in [6.45, 7) is 0. The number of hydrogen-bond donors (Lipinski definition) is 1. The number of nitrogens with zero attached hydrogens (tertiary/aromatic N) is 3. The number of hydrogen-bond acceptors (Lipinski definition) is 4. The number of halogens is 1. The maximum absolute atomic E-state index is 9.03. The predicted octanol–water partition coefficient (Wildman–Crippen LogP) is 3.33. The van der Waals surface area contributed by atoms with Crippen molar-refractivity contribution in [3.05, 3.63) is 52.3 Å². The van der Waals surface area contributed by atoms with Gasteiger partial charge in [-0.05, 0) is 30.3 Å². The van der Waals surface area contributed by atoms with Crippen molar-refractivity contribution in [2.24, 2.45) is 0 Å². The van der Waals surface area contributed by atoms with Crippen molar-refractivity contribution >= 4 is 27.3 Å². The lowest BCUT2D eigenvalue weighted by molar-refractivity contribution is 1.26. The minimum Gasteiger partial charge on any atom is -0.352 e. The van der Waals surface area contributed by atoms with E-state index in [0.29, 0.717) is 22.6 Å². The summed E-state index contributed by atoms with van der Waals surface area (Å²) in [5, 5.41) is 21.0. The predicted molar refractivity (Wildman–Crippen MR) is 71.1 cm³/mol. The van der Waals surface area contributed by atoms with E-state index in [0.717, 1.165) is 4.47 Å². The van der Waals surface area contributed by atoms with E-state index in [9.17, 15) is 0 Å². The van der Waals surface area contributed by atoms with Gasteiger partial charge in [-0.1, -0.05) is 15.9 Å². The van der Waals surface area contributed by atoms with Crippen LogP contribution < -0.4 is 5.32 Å². The van der Waals surface area contributed by atoms with Crippen LogP contribution in [0.3, 0.4) is 0 Å². The van der Waals surface area contributed by atoms with Crippen LogP contribution in [0, 0.1) is 22.7 Å². The lowest BCUT2D eigenvalue weighted by atomic mass is 10.2. The Balaban J connectivity index is 2.44. The summed E-state index contributed by atoms with van der Waals surface area (Å²) >= 11 is 3.34. The first kappa shape index (κ1) is 12.1. The highest BCUT2D eigenvalue weighted by Crippen LogP contribution is 2.25. The normalized spacial score (nSPS) is 9.28. The summed E-state index contributed by atoms with van der Waals surface area (Å²) in [4.78, 5) is 3.95. The van der Waals surface area contributed by atoms with Gasteiger partial charge in [-0.2, -0.15) is 10.5 Å². The smallest absolute Gasteiger partial charge is 0.163 e. The second-order valence-corrected chi connectivity index (χ2v) is 4.35. The molecule has 0 spiro atoms. The molecule has 2 aromatic rings. The first-order valence-corrected chi connectivity index (χ1v) is 5.85. The van der Waals surface area contributed by atoms with Crippen LogP contribution in [0.4, 0.5) is 11.4 Å². The van der Waals surface area contributed by atoms with Crippen LogP contribution in [0.25, 0.3) is 0 Å². The molecule has 0 radical (unpaired) electrons. The van der Waals surface area contributed by atoms with Crippen molar-refractivity contribution in [2.45, 2.75) is 0 Å². The maximum Gasteiger partial charge on any atom is 0.163 e. The molecular weight excluding hydrogens is 292 g/mol. The molecule has 0 saturated carbocycles. The summed E-state index contributed by atoms with van der Waals surface area (Å²) in [6, 6.07) is 12.8. The molecule has 1 aromatic carbocycles. The number of nitriles is 2. The van der Waals surface area contributed by atoms with Crippen molar-refractivity contribution in [1.29, 1.82) is 10.5 Å². The highest BCUT2D eigenvalue weighted by Gasteiger charge is 2.06. The molecule has 0 fully saturated rings. The second-order valence-electron chi connectivity index (χ2n) is 3.44. The molecule has 0 bridgehead atoms. The van der Waals surface area contributed by atoms with Crippen molar-refractivity contribution in [2.75, 3.05) is 5.32 Å². The number of pyridine rings is 1. The van der Waals surface area contributed by atoms with Gasteiger partial charge in [-0.15, -0.1) is 0 Å². The van der Waals surface area contributed by atoms with Crippen LogP contribution in [0.2, 0.25) is 0 Å². The van der Waals surface area contributed by atoms with E-state index in [4.69, 9.17) is 10.5 Å². The Bertz CT molecular complexity index is 667. The van der Waals surface area contributed by atoms with Gasteiger partial charge in [0.05, 0.1) is 16.9 Å². The zero-order valence-corrected chi connectivity index (χ0v) is 10.8. The molecule has 0 unspecified atom stereocenters. The minimum atomic E-state index is 0.293. The number of benzene rings is 1. The highest BCUT2D eigenvalue weighted by molar-refractivity contribution is 9.10. The topological polar surface area (TPSA) is 72.5 Å². The lowest BCUT2D eigenvalue weighted by Crippen LogP contribution is -1.97. The molecule has 0 aliphatic rings. The molecule has 86 valence electrons. The monoisotopic (exact) mass is 298 g/mol. The average Bonchev–Trinajstić information content (AvgIpc) is 2.40. The first-order chi connectivity index (χ1) is 8.74. The van der Waals surface area contributed by atoms with Gasteiger partial charge >= 0.3 is 0 Å². The molecule has 1 aromatic heterocycles. The minimum absolute atomic E-state index is 0.293. The number of rotatable bonds is 2. The van der Waals surface area contributed by atoms with Crippen molar-refractivity contribution < 1.29 is 0 Å². The van der Waals surface area contributed by atoms with Crippen LogP contribution in [-0.2, 0) is 0 Å². The quantitative estimate of drug-likeness (QED) is 0.923.